The lowest BCUT2D eigenvalue weighted by molar-refractivity contribution is 0.705. The van der Waals surface area contributed by atoms with Crippen LogP contribution in [0.1, 0.15) is 16.5 Å². The predicted octanol–water partition coefficient (Wildman–Crippen LogP) is 4.37. The highest BCUT2D eigenvalue weighted by atomic mass is 79.9. The van der Waals surface area contributed by atoms with E-state index in [0.29, 0.717) is 0 Å². The molecule has 0 radical (unpaired) electrons. The Bertz CT molecular complexity index is 703. The van der Waals surface area contributed by atoms with Gasteiger partial charge in [-0.05, 0) is 40.5 Å². The van der Waals surface area contributed by atoms with E-state index < -0.39 is 0 Å². The van der Waals surface area contributed by atoms with E-state index in [1.54, 1.807) is 11.3 Å². The summed E-state index contributed by atoms with van der Waals surface area (Å²) in [7, 11) is 1.98. The number of benzene rings is 1. The molecule has 1 unspecified atom stereocenters. The number of halogens is 1. The Morgan fingerprint density at radius 1 is 1.21 bits per heavy atom. The van der Waals surface area contributed by atoms with Gasteiger partial charge in [-0.25, -0.2) is 0 Å². The topological polar surface area (TPSA) is 24.9 Å². The zero-order valence-electron chi connectivity index (χ0n) is 10.4. The minimum Gasteiger partial charge on any atom is -0.309 e. The number of aromatic nitrogens is 1. The van der Waals surface area contributed by atoms with E-state index in [4.69, 9.17) is 0 Å². The van der Waals surface area contributed by atoms with E-state index in [2.05, 4.69) is 61.9 Å². The maximum Gasteiger partial charge on any atom is 0.0753 e. The summed E-state index contributed by atoms with van der Waals surface area (Å²) in [6.45, 7) is 0. The highest BCUT2D eigenvalue weighted by Crippen LogP contribution is 2.35. The van der Waals surface area contributed by atoms with E-state index in [0.717, 1.165) is 9.99 Å². The first-order chi connectivity index (χ1) is 9.31. The second-order valence-electron chi connectivity index (χ2n) is 4.28. The smallest absolute Gasteiger partial charge is 0.0753 e. The van der Waals surface area contributed by atoms with Crippen LogP contribution in [0.2, 0.25) is 0 Å². The van der Waals surface area contributed by atoms with Crippen LogP contribution < -0.4 is 5.32 Å². The van der Waals surface area contributed by atoms with Gasteiger partial charge in [0.2, 0.25) is 0 Å². The zero-order valence-corrected chi connectivity index (χ0v) is 12.8. The summed E-state index contributed by atoms with van der Waals surface area (Å²) in [4.78, 5) is 5.82. The lowest BCUT2D eigenvalue weighted by Crippen LogP contribution is -2.17. The Morgan fingerprint density at radius 3 is 2.79 bits per heavy atom. The molecule has 4 heteroatoms. The first kappa shape index (κ1) is 12.8. The Hall–Kier alpha value is -1.23. The van der Waals surface area contributed by atoms with Crippen molar-refractivity contribution in [2.24, 2.45) is 0 Å². The average Bonchev–Trinajstić information content (AvgIpc) is 2.86. The molecule has 0 saturated heterocycles. The maximum absolute atomic E-state index is 4.54. The van der Waals surface area contributed by atoms with Gasteiger partial charge >= 0.3 is 0 Å². The number of hydrogen-bond donors (Lipinski definition) is 1. The number of hydrogen-bond acceptors (Lipinski definition) is 3. The van der Waals surface area contributed by atoms with Crippen molar-refractivity contribution in [2.75, 3.05) is 7.05 Å². The molecular formula is C15H13BrN2S. The van der Waals surface area contributed by atoms with Gasteiger partial charge in [-0.2, -0.15) is 0 Å². The van der Waals surface area contributed by atoms with E-state index in [1.165, 1.54) is 15.8 Å². The van der Waals surface area contributed by atoms with Crippen molar-refractivity contribution in [2.45, 2.75) is 6.04 Å². The summed E-state index contributed by atoms with van der Waals surface area (Å²) in [5, 5.41) is 6.67. The molecule has 0 amide bonds. The number of nitrogens with one attached hydrogen (secondary N) is 1. The largest absolute Gasteiger partial charge is 0.309 e. The fourth-order valence-electron chi connectivity index (χ4n) is 2.30. The van der Waals surface area contributed by atoms with E-state index in [1.807, 2.05) is 19.3 Å². The van der Waals surface area contributed by atoms with Gasteiger partial charge in [-0.15, -0.1) is 11.3 Å². The van der Waals surface area contributed by atoms with Gasteiger partial charge in [0.15, 0.2) is 0 Å². The second kappa shape index (κ2) is 5.41. The van der Waals surface area contributed by atoms with Crippen LogP contribution >= 0.6 is 27.3 Å². The fourth-order valence-corrected chi connectivity index (χ4v) is 4.03. The van der Waals surface area contributed by atoms with E-state index >= 15 is 0 Å². The van der Waals surface area contributed by atoms with Gasteiger partial charge < -0.3 is 5.32 Å². The number of rotatable bonds is 3. The highest BCUT2D eigenvalue weighted by Gasteiger charge is 2.18. The molecule has 1 N–H and O–H groups in total. The molecule has 0 aliphatic heterocycles. The molecule has 0 fully saturated rings. The van der Waals surface area contributed by atoms with Gasteiger partial charge in [-0.3, -0.25) is 4.98 Å². The summed E-state index contributed by atoms with van der Waals surface area (Å²) in [6, 6.07) is 12.6. The van der Waals surface area contributed by atoms with E-state index in [-0.39, 0.29) is 6.04 Å². The lowest BCUT2D eigenvalue weighted by atomic mass is 10.0. The van der Waals surface area contributed by atoms with Gasteiger partial charge in [0, 0.05) is 26.5 Å². The molecule has 0 bridgehead atoms. The van der Waals surface area contributed by atoms with Crippen LogP contribution in [-0.2, 0) is 0 Å². The molecule has 2 nitrogen and oxygen atoms in total. The Kier molecular flexibility index (Phi) is 3.64. The van der Waals surface area contributed by atoms with Crippen molar-refractivity contribution in [1.29, 1.82) is 0 Å². The minimum absolute atomic E-state index is 0.160. The molecule has 3 rings (SSSR count). The standard InChI is InChI=1S/C15H13BrN2S/c1-17-14(15-12(16)7-9-19-15)11-6-2-4-10-5-3-8-18-13(10)11/h2-9,14,17H,1H3. The van der Waals surface area contributed by atoms with Crippen molar-refractivity contribution >= 4 is 38.2 Å². The Labute approximate surface area is 124 Å². The van der Waals surface area contributed by atoms with Gasteiger partial charge in [0.1, 0.15) is 0 Å². The first-order valence-corrected chi connectivity index (χ1v) is 7.72. The van der Waals surface area contributed by atoms with Gasteiger partial charge in [-0.1, -0.05) is 24.3 Å². The first-order valence-electron chi connectivity index (χ1n) is 6.05. The molecule has 1 atom stereocenters. The maximum atomic E-state index is 4.54. The van der Waals surface area contributed by atoms with Crippen LogP contribution in [0.5, 0.6) is 0 Å². The normalized spacial score (nSPS) is 12.7. The Balaban J connectivity index is 2.20. The molecule has 3 aromatic rings. The number of nitrogens with zero attached hydrogens (tertiary/aromatic N) is 1. The molecule has 0 aliphatic carbocycles. The highest BCUT2D eigenvalue weighted by molar-refractivity contribution is 9.10. The molecular weight excluding hydrogens is 320 g/mol. The van der Waals surface area contributed by atoms with Crippen molar-refractivity contribution in [1.82, 2.24) is 10.3 Å². The zero-order chi connectivity index (χ0) is 13.2. The summed E-state index contributed by atoms with van der Waals surface area (Å²) in [6.07, 6.45) is 1.85. The molecule has 2 heterocycles. The third kappa shape index (κ3) is 2.31. The van der Waals surface area contributed by atoms with Crippen molar-refractivity contribution in [3.63, 3.8) is 0 Å². The van der Waals surface area contributed by atoms with Crippen molar-refractivity contribution < 1.29 is 0 Å². The summed E-state index contributed by atoms with van der Waals surface area (Å²) in [5.41, 5.74) is 2.27. The number of para-hydroxylation sites is 1. The lowest BCUT2D eigenvalue weighted by Gasteiger charge is -2.17. The summed E-state index contributed by atoms with van der Waals surface area (Å²) < 4.78 is 1.14. The molecule has 0 spiro atoms. The van der Waals surface area contributed by atoms with Crippen LogP contribution in [0.3, 0.4) is 0 Å². The number of pyridine rings is 1. The third-order valence-corrected chi connectivity index (χ3v) is 5.11. The number of thiophene rings is 1. The molecule has 0 aliphatic rings. The van der Waals surface area contributed by atoms with Crippen LogP contribution in [0.4, 0.5) is 0 Å². The van der Waals surface area contributed by atoms with Crippen molar-refractivity contribution in [3.05, 3.63) is 62.9 Å². The van der Waals surface area contributed by atoms with Crippen molar-refractivity contribution in [3.8, 4) is 0 Å². The molecule has 0 saturated carbocycles. The second-order valence-corrected chi connectivity index (χ2v) is 6.08. The quantitative estimate of drug-likeness (QED) is 0.770. The molecule has 19 heavy (non-hydrogen) atoms. The SMILES string of the molecule is CNC(c1sccc1Br)c1cccc2cccnc12. The minimum atomic E-state index is 0.160. The van der Waals surface area contributed by atoms with Crippen LogP contribution in [0, 0.1) is 0 Å². The molecule has 96 valence electrons. The van der Waals surface area contributed by atoms with Gasteiger partial charge in [0.05, 0.1) is 11.6 Å². The van der Waals surface area contributed by atoms with Crippen LogP contribution in [0.15, 0.2) is 52.4 Å². The monoisotopic (exact) mass is 332 g/mol. The van der Waals surface area contributed by atoms with Gasteiger partial charge in [0.25, 0.3) is 0 Å². The number of fused-ring (bicyclic) bond motifs is 1. The summed E-state index contributed by atoms with van der Waals surface area (Å²) in [5.74, 6) is 0. The molecule has 1 aromatic carbocycles. The van der Waals surface area contributed by atoms with E-state index in [9.17, 15) is 0 Å². The Morgan fingerprint density at radius 2 is 2.05 bits per heavy atom. The average molecular weight is 333 g/mol. The predicted molar refractivity (Wildman–Crippen MR) is 84.7 cm³/mol. The van der Waals surface area contributed by atoms with Crippen LogP contribution in [-0.4, -0.2) is 12.0 Å². The fraction of sp³-hybridized carbons (Fsp3) is 0.133. The summed E-state index contributed by atoms with van der Waals surface area (Å²) >= 11 is 5.37. The molecule has 2 aromatic heterocycles. The third-order valence-electron chi connectivity index (χ3n) is 3.17. The van der Waals surface area contributed by atoms with Crippen LogP contribution in [0.25, 0.3) is 10.9 Å².